The van der Waals surface area contributed by atoms with Crippen LogP contribution in [0.5, 0.6) is 0 Å². The number of anilines is 1. The van der Waals surface area contributed by atoms with Gasteiger partial charge in [-0.1, -0.05) is 0 Å². The Morgan fingerprint density at radius 1 is 1.44 bits per heavy atom. The van der Waals surface area contributed by atoms with Crippen molar-refractivity contribution in [2.45, 2.75) is 6.92 Å². The molecule has 16 heavy (non-hydrogen) atoms. The molecule has 0 bridgehead atoms. The first kappa shape index (κ1) is 11.0. The molecule has 0 saturated carbocycles. The standard InChI is InChI=1S/C12H18N4/c1-9-14-11-5-4-10(8-12(11)15-9)16(3)7-6-13-2/h4-5,8,13H,6-7H2,1-3H3,(H,14,15). The van der Waals surface area contributed by atoms with Gasteiger partial charge in [-0.3, -0.25) is 0 Å². The Kier molecular flexibility index (Phi) is 3.10. The van der Waals surface area contributed by atoms with Gasteiger partial charge in [-0.15, -0.1) is 0 Å². The number of nitrogens with zero attached hydrogens (tertiary/aromatic N) is 2. The van der Waals surface area contributed by atoms with Crippen LogP contribution in [0.1, 0.15) is 5.82 Å². The van der Waals surface area contributed by atoms with E-state index in [-0.39, 0.29) is 0 Å². The molecule has 2 N–H and O–H groups in total. The van der Waals surface area contributed by atoms with Gasteiger partial charge in [0.2, 0.25) is 0 Å². The fourth-order valence-electron chi connectivity index (χ4n) is 1.77. The molecule has 0 aliphatic rings. The Balaban J connectivity index is 2.24. The summed E-state index contributed by atoms with van der Waals surface area (Å²) in [5.74, 6) is 0.963. The van der Waals surface area contributed by atoms with Crippen molar-refractivity contribution < 1.29 is 0 Å². The summed E-state index contributed by atoms with van der Waals surface area (Å²) in [5, 5.41) is 3.15. The summed E-state index contributed by atoms with van der Waals surface area (Å²) in [4.78, 5) is 9.87. The van der Waals surface area contributed by atoms with Gasteiger partial charge >= 0.3 is 0 Å². The van der Waals surface area contributed by atoms with Crippen LogP contribution >= 0.6 is 0 Å². The number of benzene rings is 1. The van der Waals surface area contributed by atoms with Gasteiger partial charge in [-0.05, 0) is 32.2 Å². The molecule has 1 heterocycles. The number of nitrogens with one attached hydrogen (secondary N) is 2. The maximum atomic E-state index is 4.39. The van der Waals surface area contributed by atoms with Crippen LogP contribution in [0.3, 0.4) is 0 Å². The van der Waals surface area contributed by atoms with Crippen LogP contribution in [0.4, 0.5) is 5.69 Å². The summed E-state index contributed by atoms with van der Waals surface area (Å²) >= 11 is 0. The van der Waals surface area contributed by atoms with Crippen molar-refractivity contribution in [1.82, 2.24) is 15.3 Å². The summed E-state index contributed by atoms with van der Waals surface area (Å²) in [6.07, 6.45) is 0. The Bertz CT molecular complexity index is 475. The molecule has 2 rings (SSSR count). The lowest BCUT2D eigenvalue weighted by atomic mass is 10.2. The average Bonchev–Trinajstić information content (AvgIpc) is 2.64. The van der Waals surface area contributed by atoms with Gasteiger partial charge < -0.3 is 15.2 Å². The van der Waals surface area contributed by atoms with Gasteiger partial charge in [-0.25, -0.2) is 4.98 Å². The molecule has 0 unspecified atom stereocenters. The summed E-state index contributed by atoms with van der Waals surface area (Å²) in [6, 6.07) is 6.31. The number of likely N-dealkylation sites (N-methyl/N-ethyl adjacent to an activating group) is 2. The molecule has 0 radical (unpaired) electrons. The second-order valence-corrected chi connectivity index (χ2v) is 4.05. The van der Waals surface area contributed by atoms with Crippen molar-refractivity contribution in [3.05, 3.63) is 24.0 Å². The van der Waals surface area contributed by atoms with Crippen LogP contribution in [0, 0.1) is 6.92 Å². The predicted molar refractivity (Wildman–Crippen MR) is 68.0 cm³/mol. The number of fused-ring (bicyclic) bond motifs is 1. The lowest BCUT2D eigenvalue weighted by Crippen LogP contribution is -2.26. The molecule has 1 aromatic carbocycles. The van der Waals surface area contributed by atoms with E-state index in [0.29, 0.717) is 0 Å². The van der Waals surface area contributed by atoms with Crippen molar-refractivity contribution >= 4 is 16.7 Å². The third-order valence-electron chi connectivity index (χ3n) is 2.72. The van der Waals surface area contributed by atoms with Crippen LogP contribution in [0.25, 0.3) is 11.0 Å². The largest absolute Gasteiger partial charge is 0.373 e. The molecule has 4 heteroatoms. The Hall–Kier alpha value is -1.55. The van der Waals surface area contributed by atoms with Crippen LogP contribution in [0.2, 0.25) is 0 Å². The van der Waals surface area contributed by atoms with Gasteiger partial charge in [0.25, 0.3) is 0 Å². The Morgan fingerprint density at radius 2 is 2.25 bits per heavy atom. The molecule has 0 fully saturated rings. The number of aryl methyl sites for hydroxylation is 1. The third-order valence-corrected chi connectivity index (χ3v) is 2.72. The predicted octanol–water partition coefficient (Wildman–Crippen LogP) is 1.53. The molecule has 0 saturated heterocycles. The molecule has 0 atom stereocenters. The molecular formula is C12H18N4. The van der Waals surface area contributed by atoms with Crippen LogP contribution in [-0.4, -0.2) is 37.2 Å². The molecule has 0 aliphatic carbocycles. The highest BCUT2D eigenvalue weighted by molar-refractivity contribution is 5.79. The van der Waals surface area contributed by atoms with Crippen molar-refractivity contribution in [3.8, 4) is 0 Å². The first-order valence-corrected chi connectivity index (χ1v) is 5.53. The monoisotopic (exact) mass is 218 g/mol. The fraction of sp³-hybridized carbons (Fsp3) is 0.417. The quantitative estimate of drug-likeness (QED) is 0.818. The van der Waals surface area contributed by atoms with Crippen molar-refractivity contribution in [2.24, 2.45) is 0 Å². The van der Waals surface area contributed by atoms with E-state index >= 15 is 0 Å². The molecule has 86 valence electrons. The molecule has 0 spiro atoms. The van der Waals surface area contributed by atoms with E-state index in [4.69, 9.17) is 0 Å². The van der Waals surface area contributed by atoms with E-state index in [1.54, 1.807) is 0 Å². The maximum Gasteiger partial charge on any atom is 0.104 e. The molecular weight excluding hydrogens is 200 g/mol. The zero-order valence-corrected chi connectivity index (χ0v) is 10.0. The molecule has 1 aromatic heterocycles. The zero-order valence-electron chi connectivity index (χ0n) is 10.0. The minimum Gasteiger partial charge on any atom is -0.373 e. The Morgan fingerprint density at radius 3 is 3.00 bits per heavy atom. The van der Waals surface area contributed by atoms with Gasteiger partial charge in [0.1, 0.15) is 5.82 Å². The number of rotatable bonds is 4. The van der Waals surface area contributed by atoms with Crippen LogP contribution < -0.4 is 10.2 Å². The molecule has 2 aromatic rings. The summed E-state index contributed by atoms with van der Waals surface area (Å²) < 4.78 is 0. The van der Waals surface area contributed by atoms with Crippen LogP contribution in [-0.2, 0) is 0 Å². The van der Waals surface area contributed by atoms with Crippen LogP contribution in [0.15, 0.2) is 18.2 Å². The maximum absolute atomic E-state index is 4.39. The van der Waals surface area contributed by atoms with Gasteiger partial charge in [0.15, 0.2) is 0 Å². The number of aromatic nitrogens is 2. The van der Waals surface area contributed by atoms with E-state index in [1.165, 1.54) is 5.69 Å². The second-order valence-electron chi connectivity index (χ2n) is 4.05. The first-order valence-electron chi connectivity index (χ1n) is 5.53. The summed E-state index contributed by atoms with van der Waals surface area (Å²) in [6.45, 7) is 3.95. The number of hydrogen-bond donors (Lipinski definition) is 2. The lowest BCUT2D eigenvalue weighted by Gasteiger charge is -2.18. The third kappa shape index (κ3) is 2.17. The number of H-pyrrole nitrogens is 1. The topological polar surface area (TPSA) is 44.0 Å². The molecule has 0 amide bonds. The van der Waals surface area contributed by atoms with Gasteiger partial charge in [0.05, 0.1) is 11.0 Å². The molecule has 0 aliphatic heterocycles. The van der Waals surface area contributed by atoms with E-state index < -0.39 is 0 Å². The SMILES string of the molecule is CNCCN(C)c1ccc2nc(C)[nH]c2c1. The Labute approximate surface area is 95.7 Å². The van der Waals surface area contributed by atoms with E-state index in [9.17, 15) is 0 Å². The lowest BCUT2D eigenvalue weighted by molar-refractivity contribution is 0.768. The van der Waals surface area contributed by atoms with E-state index in [1.807, 2.05) is 14.0 Å². The summed E-state index contributed by atoms with van der Waals surface area (Å²) in [7, 11) is 4.07. The smallest absolute Gasteiger partial charge is 0.104 e. The van der Waals surface area contributed by atoms with Crippen molar-refractivity contribution in [3.63, 3.8) is 0 Å². The van der Waals surface area contributed by atoms with E-state index in [2.05, 4.69) is 45.4 Å². The summed E-state index contributed by atoms with van der Waals surface area (Å²) in [5.41, 5.74) is 3.35. The highest BCUT2D eigenvalue weighted by Crippen LogP contribution is 2.19. The second kappa shape index (κ2) is 4.53. The zero-order chi connectivity index (χ0) is 11.5. The number of aromatic amines is 1. The van der Waals surface area contributed by atoms with Crippen molar-refractivity contribution in [1.29, 1.82) is 0 Å². The highest BCUT2D eigenvalue weighted by Gasteiger charge is 2.03. The minimum atomic E-state index is 0.963. The highest BCUT2D eigenvalue weighted by atomic mass is 15.1. The van der Waals surface area contributed by atoms with Gasteiger partial charge in [-0.2, -0.15) is 0 Å². The van der Waals surface area contributed by atoms with Crippen molar-refractivity contribution in [2.75, 3.05) is 32.1 Å². The van der Waals surface area contributed by atoms with Gasteiger partial charge in [0, 0.05) is 25.8 Å². The number of hydrogen-bond acceptors (Lipinski definition) is 3. The normalized spacial score (nSPS) is 10.9. The first-order chi connectivity index (χ1) is 7.70. The number of imidazole rings is 1. The minimum absolute atomic E-state index is 0.963. The average molecular weight is 218 g/mol. The molecule has 4 nitrogen and oxygen atoms in total. The van der Waals surface area contributed by atoms with E-state index in [0.717, 1.165) is 29.9 Å². The fourth-order valence-corrected chi connectivity index (χ4v) is 1.77.